The Bertz CT molecular complexity index is 868. The van der Waals surface area contributed by atoms with Gasteiger partial charge in [0.2, 0.25) is 0 Å². The number of ether oxygens (including phenoxy) is 1. The second-order valence-electron chi connectivity index (χ2n) is 6.08. The molecule has 132 valence electrons. The first-order chi connectivity index (χ1) is 12.8. The third kappa shape index (κ3) is 3.60. The van der Waals surface area contributed by atoms with Crippen LogP contribution in [-0.2, 0) is 4.74 Å². The molecule has 0 atom stereocenters. The molecule has 1 fully saturated rings. The molecule has 1 aromatic heterocycles. The molecule has 2 heterocycles. The number of carbonyl (C=O) groups is 1. The van der Waals surface area contributed by atoms with Gasteiger partial charge in [0, 0.05) is 30.7 Å². The summed E-state index contributed by atoms with van der Waals surface area (Å²) in [5, 5.41) is 7.25. The number of carbonyl (C=O) groups excluding carboxylic acids is 1. The third-order valence-corrected chi connectivity index (χ3v) is 4.34. The largest absolute Gasteiger partial charge is 0.378 e. The summed E-state index contributed by atoms with van der Waals surface area (Å²) < 4.78 is 7.06. The first kappa shape index (κ1) is 16.4. The minimum absolute atomic E-state index is 0.223. The molecular formula is C20H20N4O2. The van der Waals surface area contributed by atoms with Crippen LogP contribution in [0.25, 0.3) is 5.69 Å². The predicted molar refractivity (Wildman–Crippen MR) is 101 cm³/mol. The van der Waals surface area contributed by atoms with Crippen molar-refractivity contribution in [1.29, 1.82) is 0 Å². The fourth-order valence-electron chi connectivity index (χ4n) is 2.94. The topological polar surface area (TPSA) is 59.4 Å². The van der Waals surface area contributed by atoms with Crippen molar-refractivity contribution in [3.8, 4) is 5.69 Å². The zero-order valence-corrected chi connectivity index (χ0v) is 14.3. The molecule has 1 aliphatic rings. The van der Waals surface area contributed by atoms with Crippen LogP contribution in [0, 0.1) is 0 Å². The standard InChI is InChI=1S/C20H20N4O2/c25-20(19-10-11-24(22-19)18-4-2-1-3-5-18)21-16-6-8-17(9-7-16)23-12-14-26-15-13-23/h1-11H,12-15H2,(H,21,25). The van der Waals surface area contributed by atoms with Crippen molar-refractivity contribution in [3.63, 3.8) is 0 Å². The number of benzene rings is 2. The number of rotatable bonds is 4. The predicted octanol–water partition coefficient (Wildman–Crippen LogP) is 2.96. The summed E-state index contributed by atoms with van der Waals surface area (Å²) in [5.41, 5.74) is 3.19. The lowest BCUT2D eigenvalue weighted by Gasteiger charge is -2.28. The van der Waals surface area contributed by atoms with Crippen LogP contribution >= 0.6 is 0 Å². The van der Waals surface area contributed by atoms with Crippen LogP contribution in [0.3, 0.4) is 0 Å². The van der Waals surface area contributed by atoms with Crippen molar-refractivity contribution >= 4 is 17.3 Å². The van der Waals surface area contributed by atoms with Crippen LogP contribution in [0.5, 0.6) is 0 Å². The summed E-state index contributed by atoms with van der Waals surface area (Å²) >= 11 is 0. The number of para-hydroxylation sites is 1. The Balaban J connectivity index is 1.42. The van der Waals surface area contributed by atoms with E-state index in [-0.39, 0.29) is 5.91 Å². The van der Waals surface area contributed by atoms with Crippen molar-refractivity contribution < 1.29 is 9.53 Å². The fraction of sp³-hybridized carbons (Fsp3) is 0.200. The van der Waals surface area contributed by atoms with Gasteiger partial charge in [-0.2, -0.15) is 5.10 Å². The zero-order valence-electron chi connectivity index (χ0n) is 14.3. The Labute approximate surface area is 152 Å². The molecule has 0 unspecified atom stereocenters. The van der Waals surface area contributed by atoms with Gasteiger partial charge in [-0.1, -0.05) is 18.2 Å². The second-order valence-corrected chi connectivity index (χ2v) is 6.08. The maximum absolute atomic E-state index is 12.4. The number of aromatic nitrogens is 2. The first-order valence-corrected chi connectivity index (χ1v) is 8.65. The van der Waals surface area contributed by atoms with E-state index in [1.54, 1.807) is 16.9 Å². The Morgan fingerprint density at radius 1 is 0.923 bits per heavy atom. The van der Waals surface area contributed by atoms with Gasteiger partial charge in [0.1, 0.15) is 0 Å². The van der Waals surface area contributed by atoms with Gasteiger partial charge in [-0.05, 0) is 42.5 Å². The summed E-state index contributed by atoms with van der Waals surface area (Å²) in [7, 11) is 0. The Hall–Kier alpha value is -3.12. The molecule has 0 spiro atoms. The maximum Gasteiger partial charge on any atom is 0.276 e. The number of amides is 1. The number of morpholine rings is 1. The molecular weight excluding hydrogens is 328 g/mol. The van der Waals surface area contributed by atoms with Gasteiger partial charge in [0.05, 0.1) is 18.9 Å². The molecule has 1 N–H and O–H groups in total. The van der Waals surface area contributed by atoms with Gasteiger partial charge in [0.15, 0.2) is 5.69 Å². The van der Waals surface area contributed by atoms with E-state index < -0.39 is 0 Å². The second kappa shape index (κ2) is 7.41. The lowest BCUT2D eigenvalue weighted by atomic mass is 10.2. The molecule has 1 saturated heterocycles. The van der Waals surface area contributed by atoms with Crippen LogP contribution in [0.2, 0.25) is 0 Å². The summed E-state index contributed by atoms with van der Waals surface area (Å²) in [5.74, 6) is -0.223. The Morgan fingerprint density at radius 3 is 2.38 bits per heavy atom. The Morgan fingerprint density at radius 2 is 1.65 bits per heavy atom. The van der Waals surface area contributed by atoms with Crippen molar-refractivity contribution in [2.24, 2.45) is 0 Å². The molecule has 1 aliphatic heterocycles. The molecule has 1 amide bonds. The van der Waals surface area contributed by atoms with Crippen LogP contribution < -0.4 is 10.2 Å². The summed E-state index contributed by atoms with van der Waals surface area (Å²) in [6.07, 6.45) is 1.78. The quantitative estimate of drug-likeness (QED) is 0.787. The molecule has 0 saturated carbocycles. The van der Waals surface area contributed by atoms with E-state index in [4.69, 9.17) is 4.74 Å². The molecule has 0 bridgehead atoms. The molecule has 3 aromatic rings. The zero-order chi connectivity index (χ0) is 17.8. The van der Waals surface area contributed by atoms with Crippen molar-refractivity contribution in [3.05, 3.63) is 72.6 Å². The van der Waals surface area contributed by atoms with Crippen LogP contribution in [0.4, 0.5) is 11.4 Å². The van der Waals surface area contributed by atoms with E-state index in [1.165, 1.54) is 0 Å². The molecule has 6 heteroatoms. The van der Waals surface area contributed by atoms with Gasteiger partial charge >= 0.3 is 0 Å². The first-order valence-electron chi connectivity index (χ1n) is 8.65. The van der Waals surface area contributed by atoms with Gasteiger partial charge < -0.3 is 15.0 Å². The number of hydrogen-bond acceptors (Lipinski definition) is 4. The van der Waals surface area contributed by atoms with Crippen LogP contribution in [0.15, 0.2) is 66.9 Å². The molecule has 4 rings (SSSR count). The normalized spacial score (nSPS) is 14.2. The average Bonchev–Trinajstić information content (AvgIpc) is 3.20. The number of nitrogens with one attached hydrogen (secondary N) is 1. The average molecular weight is 348 g/mol. The van der Waals surface area contributed by atoms with E-state index in [0.717, 1.165) is 43.4 Å². The van der Waals surface area contributed by atoms with Crippen LogP contribution in [0.1, 0.15) is 10.5 Å². The van der Waals surface area contributed by atoms with Crippen LogP contribution in [-0.4, -0.2) is 42.0 Å². The summed E-state index contributed by atoms with van der Waals surface area (Å²) in [6, 6.07) is 19.3. The monoisotopic (exact) mass is 348 g/mol. The Kier molecular flexibility index (Phi) is 4.66. The van der Waals surface area contributed by atoms with E-state index in [1.807, 2.05) is 54.6 Å². The third-order valence-electron chi connectivity index (χ3n) is 4.34. The molecule has 2 aromatic carbocycles. The van der Waals surface area contributed by atoms with Crippen molar-refractivity contribution in [2.45, 2.75) is 0 Å². The SMILES string of the molecule is O=C(Nc1ccc(N2CCOCC2)cc1)c1ccn(-c2ccccc2)n1. The number of nitrogens with zero attached hydrogens (tertiary/aromatic N) is 3. The smallest absolute Gasteiger partial charge is 0.276 e. The highest BCUT2D eigenvalue weighted by molar-refractivity contribution is 6.02. The lowest BCUT2D eigenvalue weighted by molar-refractivity contribution is 0.102. The summed E-state index contributed by atoms with van der Waals surface area (Å²) in [4.78, 5) is 14.7. The number of hydrogen-bond donors (Lipinski definition) is 1. The molecule has 26 heavy (non-hydrogen) atoms. The van der Waals surface area contributed by atoms with Crippen molar-refractivity contribution in [1.82, 2.24) is 9.78 Å². The fourth-order valence-corrected chi connectivity index (χ4v) is 2.94. The molecule has 0 radical (unpaired) electrons. The van der Waals surface area contributed by atoms with E-state index in [0.29, 0.717) is 5.69 Å². The lowest BCUT2D eigenvalue weighted by Crippen LogP contribution is -2.36. The minimum Gasteiger partial charge on any atom is -0.378 e. The van der Waals surface area contributed by atoms with Gasteiger partial charge in [0.25, 0.3) is 5.91 Å². The highest BCUT2D eigenvalue weighted by Crippen LogP contribution is 2.19. The van der Waals surface area contributed by atoms with Gasteiger partial charge in [-0.3, -0.25) is 4.79 Å². The van der Waals surface area contributed by atoms with Gasteiger partial charge in [-0.15, -0.1) is 0 Å². The van der Waals surface area contributed by atoms with E-state index in [2.05, 4.69) is 15.3 Å². The van der Waals surface area contributed by atoms with Crippen molar-refractivity contribution in [2.75, 3.05) is 36.5 Å². The molecule has 0 aliphatic carbocycles. The minimum atomic E-state index is -0.223. The maximum atomic E-state index is 12.4. The number of anilines is 2. The summed E-state index contributed by atoms with van der Waals surface area (Å²) in [6.45, 7) is 3.29. The van der Waals surface area contributed by atoms with E-state index in [9.17, 15) is 4.79 Å². The highest BCUT2D eigenvalue weighted by Gasteiger charge is 2.13. The highest BCUT2D eigenvalue weighted by atomic mass is 16.5. The molecule has 6 nitrogen and oxygen atoms in total. The van der Waals surface area contributed by atoms with E-state index >= 15 is 0 Å². The van der Waals surface area contributed by atoms with Gasteiger partial charge in [-0.25, -0.2) is 4.68 Å².